The average molecular weight is 322 g/mol. The second-order valence-corrected chi connectivity index (χ2v) is 5.51. The summed E-state index contributed by atoms with van der Waals surface area (Å²) in [5, 5.41) is 13.2. The van der Waals surface area contributed by atoms with Gasteiger partial charge in [-0.25, -0.2) is 8.78 Å². The molecule has 122 valence electrons. The van der Waals surface area contributed by atoms with E-state index in [4.69, 9.17) is 0 Å². The van der Waals surface area contributed by atoms with Crippen LogP contribution in [0.15, 0.2) is 18.2 Å². The zero-order valence-corrected chi connectivity index (χ0v) is 12.5. The smallest absolute Gasteiger partial charge is 0.230 e. The number of hydrogen-bond acceptors (Lipinski definition) is 5. The second kappa shape index (κ2) is 6.27. The number of anilines is 1. The highest BCUT2D eigenvalue weighted by atomic mass is 19.1. The number of nitrogens with zero attached hydrogens (tertiary/aromatic N) is 5. The Morgan fingerprint density at radius 3 is 2.65 bits per heavy atom. The maximum Gasteiger partial charge on any atom is 0.230 e. The number of tetrazole rings is 1. The predicted molar refractivity (Wildman–Crippen MR) is 77.6 cm³/mol. The van der Waals surface area contributed by atoms with Gasteiger partial charge in [0.25, 0.3) is 0 Å². The molecule has 3 rings (SSSR count). The summed E-state index contributed by atoms with van der Waals surface area (Å²) in [6.45, 7) is 3.35. The van der Waals surface area contributed by atoms with E-state index in [0.717, 1.165) is 6.07 Å². The predicted octanol–water partition coefficient (Wildman–Crippen LogP) is 0.758. The van der Waals surface area contributed by atoms with Crippen molar-refractivity contribution in [3.05, 3.63) is 35.7 Å². The number of H-pyrrole nitrogens is 1. The fourth-order valence-electron chi connectivity index (χ4n) is 2.78. The lowest BCUT2D eigenvalue weighted by Crippen LogP contribution is -2.54. The summed E-state index contributed by atoms with van der Waals surface area (Å²) in [7, 11) is 0. The van der Waals surface area contributed by atoms with Crippen LogP contribution >= 0.6 is 0 Å². The molecule has 0 saturated carbocycles. The summed E-state index contributed by atoms with van der Waals surface area (Å²) in [4.78, 5) is 15.8. The number of carbonyl (C=O) groups is 1. The van der Waals surface area contributed by atoms with Gasteiger partial charge in [-0.3, -0.25) is 4.79 Å². The van der Waals surface area contributed by atoms with E-state index in [2.05, 4.69) is 20.6 Å². The van der Waals surface area contributed by atoms with E-state index in [9.17, 15) is 13.6 Å². The molecule has 1 aliphatic rings. The lowest BCUT2D eigenvalue weighted by molar-refractivity contribution is -0.131. The Kier molecular flexibility index (Phi) is 4.18. The van der Waals surface area contributed by atoms with Crippen molar-refractivity contribution in [1.82, 2.24) is 25.5 Å². The van der Waals surface area contributed by atoms with E-state index in [-0.39, 0.29) is 18.4 Å². The van der Waals surface area contributed by atoms with Crippen LogP contribution in [0, 0.1) is 11.6 Å². The summed E-state index contributed by atoms with van der Waals surface area (Å²) in [5.74, 6) is -0.966. The summed E-state index contributed by atoms with van der Waals surface area (Å²) < 4.78 is 26.7. The minimum atomic E-state index is -0.609. The molecule has 1 aromatic heterocycles. The van der Waals surface area contributed by atoms with Gasteiger partial charge in [-0.1, -0.05) is 5.21 Å². The Hall–Kier alpha value is -2.58. The van der Waals surface area contributed by atoms with Crippen molar-refractivity contribution in [2.45, 2.75) is 19.4 Å². The normalized spacial score (nSPS) is 18.3. The first-order valence-corrected chi connectivity index (χ1v) is 7.26. The number of amides is 1. The summed E-state index contributed by atoms with van der Waals surface area (Å²) in [6.07, 6.45) is 0.0812. The van der Waals surface area contributed by atoms with Crippen molar-refractivity contribution < 1.29 is 13.6 Å². The first-order chi connectivity index (χ1) is 11.0. The van der Waals surface area contributed by atoms with Crippen molar-refractivity contribution in [2.75, 3.05) is 24.5 Å². The van der Waals surface area contributed by atoms with E-state index >= 15 is 0 Å². The molecule has 0 unspecified atom stereocenters. The number of aromatic amines is 1. The second-order valence-electron chi connectivity index (χ2n) is 5.51. The lowest BCUT2D eigenvalue weighted by atomic mass is 10.1. The molecular formula is C14H16F2N6O. The average Bonchev–Trinajstić information content (AvgIpc) is 2.99. The van der Waals surface area contributed by atoms with Gasteiger partial charge < -0.3 is 9.80 Å². The van der Waals surface area contributed by atoms with Crippen molar-refractivity contribution in [3.8, 4) is 0 Å². The quantitative estimate of drug-likeness (QED) is 0.902. The van der Waals surface area contributed by atoms with Gasteiger partial charge in [0, 0.05) is 37.4 Å². The van der Waals surface area contributed by atoms with Crippen molar-refractivity contribution in [3.63, 3.8) is 0 Å². The number of piperazine rings is 1. The number of benzene rings is 1. The van der Waals surface area contributed by atoms with Gasteiger partial charge in [0.05, 0.1) is 6.42 Å². The molecule has 0 aliphatic carbocycles. The third kappa shape index (κ3) is 3.43. The van der Waals surface area contributed by atoms with Gasteiger partial charge in [-0.05, 0) is 19.1 Å². The summed E-state index contributed by atoms with van der Waals surface area (Å²) in [5.41, 5.74) is 0.486. The highest BCUT2D eigenvalue weighted by Crippen LogP contribution is 2.23. The van der Waals surface area contributed by atoms with Crippen LogP contribution < -0.4 is 4.90 Å². The molecule has 1 amide bonds. The highest BCUT2D eigenvalue weighted by molar-refractivity contribution is 5.78. The first kappa shape index (κ1) is 15.3. The molecule has 23 heavy (non-hydrogen) atoms. The standard InChI is InChI=1S/C14H16F2N6O/c1-9-8-21(14(23)7-13-17-19-20-18-13)2-3-22(9)12-5-10(15)4-11(16)6-12/h4-6,9H,2-3,7-8H2,1H3,(H,17,18,19,20)/t9-/m1/s1. The fourth-order valence-corrected chi connectivity index (χ4v) is 2.78. The largest absolute Gasteiger partial charge is 0.365 e. The summed E-state index contributed by atoms with van der Waals surface area (Å²) in [6, 6.07) is 3.39. The molecule has 1 N–H and O–H groups in total. The maximum absolute atomic E-state index is 13.4. The van der Waals surface area contributed by atoms with Crippen LogP contribution in [0.1, 0.15) is 12.7 Å². The molecule has 2 heterocycles. The zero-order valence-electron chi connectivity index (χ0n) is 12.5. The Bertz CT molecular complexity index is 672. The van der Waals surface area contributed by atoms with Crippen LogP contribution in [0.5, 0.6) is 0 Å². The molecular weight excluding hydrogens is 306 g/mol. The molecule has 7 nitrogen and oxygen atoms in total. The number of hydrogen-bond donors (Lipinski definition) is 1. The van der Waals surface area contributed by atoms with Crippen LogP contribution in [-0.4, -0.2) is 57.1 Å². The van der Waals surface area contributed by atoms with Crippen LogP contribution in [0.2, 0.25) is 0 Å². The maximum atomic E-state index is 13.4. The van der Waals surface area contributed by atoms with Gasteiger partial charge in [-0.2, -0.15) is 5.21 Å². The molecule has 9 heteroatoms. The molecule has 1 aliphatic heterocycles. The van der Waals surface area contributed by atoms with Crippen molar-refractivity contribution >= 4 is 11.6 Å². The SMILES string of the molecule is C[C@@H]1CN(C(=O)Cc2nn[nH]n2)CCN1c1cc(F)cc(F)c1. The Morgan fingerprint density at radius 2 is 2.04 bits per heavy atom. The molecule has 1 saturated heterocycles. The third-order valence-corrected chi connectivity index (χ3v) is 3.86. The minimum Gasteiger partial charge on any atom is -0.365 e. The van der Waals surface area contributed by atoms with E-state index in [0.29, 0.717) is 31.1 Å². The minimum absolute atomic E-state index is 0.0563. The Balaban J connectivity index is 1.66. The Labute approximate surface area is 131 Å². The van der Waals surface area contributed by atoms with E-state index in [1.54, 1.807) is 4.90 Å². The molecule has 1 atom stereocenters. The van der Waals surface area contributed by atoms with Crippen LogP contribution in [-0.2, 0) is 11.2 Å². The number of rotatable bonds is 3. The monoisotopic (exact) mass is 322 g/mol. The van der Waals surface area contributed by atoms with E-state index < -0.39 is 11.6 Å². The van der Waals surface area contributed by atoms with Crippen molar-refractivity contribution in [2.24, 2.45) is 0 Å². The molecule has 0 spiro atoms. The van der Waals surface area contributed by atoms with E-state index in [1.165, 1.54) is 12.1 Å². The molecule has 1 fully saturated rings. The fraction of sp³-hybridized carbons (Fsp3) is 0.429. The van der Waals surface area contributed by atoms with Gasteiger partial charge >= 0.3 is 0 Å². The molecule has 0 radical (unpaired) electrons. The topological polar surface area (TPSA) is 78.0 Å². The molecule has 1 aromatic carbocycles. The number of aromatic nitrogens is 4. The number of carbonyl (C=O) groups excluding carboxylic acids is 1. The first-order valence-electron chi connectivity index (χ1n) is 7.26. The van der Waals surface area contributed by atoms with Gasteiger partial charge in [0.1, 0.15) is 11.6 Å². The third-order valence-electron chi connectivity index (χ3n) is 3.86. The Morgan fingerprint density at radius 1 is 1.30 bits per heavy atom. The van der Waals surface area contributed by atoms with Crippen LogP contribution in [0.25, 0.3) is 0 Å². The van der Waals surface area contributed by atoms with Crippen LogP contribution in [0.4, 0.5) is 14.5 Å². The zero-order chi connectivity index (χ0) is 16.4. The van der Waals surface area contributed by atoms with Gasteiger partial charge in [0.2, 0.25) is 5.91 Å². The lowest BCUT2D eigenvalue weighted by Gasteiger charge is -2.41. The van der Waals surface area contributed by atoms with E-state index in [1.807, 2.05) is 11.8 Å². The number of halogens is 2. The molecule has 0 bridgehead atoms. The van der Waals surface area contributed by atoms with Gasteiger partial charge in [0.15, 0.2) is 5.82 Å². The number of nitrogens with one attached hydrogen (secondary N) is 1. The molecule has 2 aromatic rings. The van der Waals surface area contributed by atoms with Crippen LogP contribution in [0.3, 0.4) is 0 Å². The van der Waals surface area contributed by atoms with Gasteiger partial charge in [-0.15, -0.1) is 10.2 Å². The highest BCUT2D eigenvalue weighted by Gasteiger charge is 2.27. The van der Waals surface area contributed by atoms with Crippen molar-refractivity contribution in [1.29, 1.82) is 0 Å². The summed E-state index contributed by atoms with van der Waals surface area (Å²) >= 11 is 0.